The lowest BCUT2D eigenvalue weighted by atomic mass is 10.1. The molecule has 1 unspecified atom stereocenters. The molecule has 0 spiro atoms. The lowest BCUT2D eigenvalue weighted by Gasteiger charge is -2.42. The Kier molecular flexibility index (Phi) is 33.2. The van der Waals surface area contributed by atoms with Gasteiger partial charge in [-0.1, -0.05) is 141 Å². The first-order chi connectivity index (χ1) is 24.3. The summed E-state index contributed by atoms with van der Waals surface area (Å²) in [4.78, 5) is 25.5. The van der Waals surface area contributed by atoms with Crippen LogP contribution >= 0.6 is 0 Å². The Hall–Kier alpha value is -1.74. The van der Waals surface area contributed by atoms with Crippen LogP contribution < -0.4 is 5.73 Å². The van der Waals surface area contributed by atoms with Gasteiger partial charge < -0.3 is 23.7 Å². The van der Waals surface area contributed by atoms with Crippen LogP contribution in [0.4, 0.5) is 0 Å². The fourth-order valence-corrected chi connectivity index (χ4v) is 6.00. The minimum Gasteiger partial charge on any atom is -0.458 e. The van der Waals surface area contributed by atoms with Crippen LogP contribution in [0.1, 0.15) is 194 Å². The highest BCUT2D eigenvalue weighted by molar-refractivity contribution is 5.70. The number of carbonyl (C=O) groups is 2. The number of allylic oxidation sites excluding steroid dienone is 4. The largest absolute Gasteiger partial charge is 0.458 e. The number of esters is 2. The maximum atomic E-state index is 12.9. The number of carbonyl (C=O) groups excluding carboxylic acids is 2. The molecule has 0 aliphatic heterocycles. The van der Waals surface area contributed by atoms with E-state index in [2.05, 4.69) is 38.2 Å². The summed E-state index contributed by atoms with van der Waals surface area (Å²) in [6.07, 6.45) is 40.4. The van der Waals surface area contributed by atoms with Crippen molar-refractivity contribution >= 4 is 11.9 Å². The van der Waals surface area contributed by atoms with Gasteiger partial charge in [0.2, 0.25) is 0 Å². The standard InChI is InChI=1S/C42H79NO7/c1-6-8-10-12-14-16-18-20-22-24-26-28-30-32-34-36-39(44)49-38-41(46-3,42(43,47-4)48-5)50-40(45)37-35-33-31-29-27-25-23-21-19-17-15-13-11-9-7-2/h20-23H,6-19,24-38,43H2,1-5H3/b22-20-,23-21-. The molecule has 0 bridgehead atoms. The molecule has 0 aliphatic carbocycles. The summed E-state index contributed by atoms with van der Waals surface area (Å²) >= 11 is 0. The van der Waals surface area contributed by atoms with E-state index < -0.39 is 30.2 Å². The summed E-state index contributed by atoms with van der Waals surface area (Å²) in [5.41, 5.74) is 6.29. The molecule has 0 rings (SSSR count). The molecule has 0 amide bonds. The van der Waals surface area contributed by atoms with Crippen LogP contribution in [0.15, 0.2) is 24.3 Å². The molecule has 0 fully saturated rings. The Bertz CT molecular complexity index is 842. The monoisotopic (exact) mass is 710 g/mol. The Morgan fingerprint density at radius 1 is 0.480 bits per heavy atom. The van der Waals surface area contributed by atoms with Crippen molar-refractivity contribution in [1.29, 1.82) is 0 Å². The Balaban J connectivity index is 4.30. The fourth-order valence-electron chi connectivity index (χ4n) is 6.00. The maximum absolute atomic E-state index is 12.9. The van der Waals surface area contributed by atoms with Crippen molar-refractivity contribution in [1.82, 2.24) is 0 Å². The third kappa shape index (κ3) is 25.3. The van der Waals surface area contributed by atoms with Gasteiger partial charge in [-0.3, -0.25) is 15.3 Å². The summed E-state index contributed by atoms with van der Waals surface area (Å²) in [5.74, 6) is -4.84. The molecule has 0 saturated carbocycles. The maximum Gasteiger partial charge on any atom is 0.317 e. The molecule has 1 atom stereocenters. The van der Waals surface area contributed by atoms with E-state index in [-0.39, 0.29) is 12.8 Å². The number of ether oxygens (including phenoxy) is 5. The molecule has 0 saturated heterocycles. The fraction of sp³-hybridized carbons (Fsp3) is 0.857. The van der Waals surface area contributed by atoms with Gasteiger partial charge in [0.1, 0.15) is 0 Å². The van der Waals surface area contributed by atoms with Crippen LogP contribution in [0, 0.1) is 0 Å². The zero-order chi connectivity index (χ0) is 37.0. The van der Waals surface area contributed by atoms with Gasteiger partial charge in [-0.15, -0.1) is 0 Å². The van der Waals surface area contributed by atoms with Crippen LogP contribution in [-0.4, -0.2) is 51.6 Å². The Morgan fingerprint density at radius 3 is 1.18 bits per heavy atom. The molecule has 0 heterocycles. The molecule has 0 aromatic carbocycles. The first-order valence-electron chi connectivity index (χ1n) is 20.5. The van der Waals surface area contributed by atoms with E-state index in [4.69, 9.17) is 29.4 Å². The van der Waals surface area contributed by atoms with Crippen LogP contribution in [0.2, 0.25) is 0 Å². The predicted molar refractivity (Wildman–Crippen MR) is 207 cm³/mol. The predicted octanol–water partition coefficient (Wildman–Crippen LogP) is 11.4. The number of rotatable bonds is 37. The van der Waals surface area contributed by atoms with Gasteiger partial charge >= 0.3 is 17.7 Å². The molecule has 0 aliphatic rings. The lowest BCUT2D eigenvalue weighted by Crippen LogP contribution is -2.68. The lowest BCUT2D eigenvalue weighted by molar-refractivity contribution is -0.387. The molecule has 0 radical (unpaired) electrons. The number of methoxy groups -OCH3 is 3. The quantitative estimate of drug-likeness (QED) is 0.0294. The highest BCUT2D eigenvalue weighted by Gasteiger charge is 2.56. The van der Waals surface area contributed by atoms with Gasteiger partial charge in [0.25, 0.3) is 5.91 Å². The zero-order valence-corrected chi connectivity index (χ0v) is 33.3. The van der Waals surface area contributed by atoms with E-state index in [0.717, 1.165) is 64.2 Å². The summed E-state index contributed by atoms with van der Waals surface area (Å²) in [7, 11) is 3.97. The third-order valence-electron chi connectivity index (χ3n) is 9.45. The molecular weight excluding hydrogens is 630 g/mol. The first kappa shape index (κ1) is 48.3. The second-order valence-electron chi connectivity index (χ2n) is 13.8. The summed E-state index contributed by atoms with van der Waals surface area (Å²) in [6.45, 7) is 4.07. The smallest absolute Gasteiger partial charge is 0.317 e. The van der Waals surface area contributed by atoms with Gasteiger partial charge in [-0.25, -0.2) is 0 Å². The van der Waals surface area contributed by atoms with Crippen molar-refractivity contribution < 1.29 is 33.3 Å². The van der Waals surface area contributed by atoms with E-state index in [1.54, 1.807) is 0 Å². The van der Waals surface area contributed by atoms with E-state index in [1.165, 1.54) is 118 Å². The van der Waals surface area contributed by atoms with Gasteiger partial charge in [-0.2, -0.15) is 0 Å². The molecule has 294 valence electrons. The average Bonchev–Trinajstić information content (AvgIpc) is 3.12. The highest BCUT2D eigenvalue weighted by Crippen LogP contribution is 2.29. The van der Waals surface area contributed by atoms with Crippen molar-refractivity contribution in [3.8, 4) is 0 Å². The van der Waals surface area contributed by atoms with Crippen LogP contribution in [0.25, 0.3) is 0 Å². The van der Waals surface area contributed by atoms with Gasteiger partial charge in [-0.05, 0) is 64.2 Å². The van der Waals surface area contributed by atoms with E-state index in [9.17, 15) is 9.59 Å². The number of hydrogen-bond donors (Lipinski definition) is 1. The SMILES string of the molecule is CCCCCCCC/C=C\CCCCCCCC(=O)OCC(OC)(OC(=O)CCCCCCC/C=C\CCCCCCCC)C(N)(OC)OC. The average molecular weight is 710 g/mol. The zero-order valence-electron chi connectivity index (χ0n) is 33.3. The second-order valence-corrected chi connectivity index (χ2v) is 13.8. The minimum absolute atomic E-state index is 0.190. The minimum atomic E-state index is -1.97. The number of unbranched alkanes of at least 4 members (excludes halogenated alkanes) is 22. The topological polar surface area (TPSA) is 106 Å². The molecule has 50 heavy (non-hydrogen) atoms. The van der Waals surface area contributed by atoms with Gasteiger partial charge in [0, 0.05) is 34.2 Å². The van der Waals surface area contributed by atoms with Crippen LogP contribution in [0.3, 0.4) is 0 Å². The van der Waals surface area contributed by atoms with E-state index >= 15 is 0 Å². The molecule has 2 N–H and O–H groups in total. The summed E-state index contributed by atoms with van der Waals surface area (Å²) in [6, 6.07) is 0. The molecule has 8 nitrogen and oxygen atoms in total. The number of hydrogen-bond acceptors (Lipinski definition) is 8. The first-order valence-corrected chi connectivity index (χ1v) is 20.5. The van der Waals surface area contributed by atoms with Crippen LogP contribution in [0.5, 0.6) is 0 Å². The van der Waals surface area contributed by atoms with Crippen molar-refractivity contribution in [2.24, 2.45) is 5.73 Å². The van der Waals surface area contributed by atoms with Crippen molar-refractivity contribution in [3.63, 3.8) is 0 Å². The van der Waals surface area contributed by atoms with Gasteiger partial charge in [0.15, 0.2) is 6.61 Å². The van der Waals surface area contributed by atoms with E-state index in [0.29, 0.717) is 6.42 Å². The van der Waals surface area contributed by atoms with E-state index in [1.807, 2.05) is 0 Å². The normalized spacial score (nSPS) is 13.3. The molecular formula is C42H79NO7. The van der Waals surface area contributed by atoms with Crippen LogP contribution in [-0.2, 0) is 33.3 Å². The molecule has 0 aromatic rings. The Labute approximate surface area is 308 Å². The summed E-state index contributed by atoms with van der Waals surface area (Å²) in [5, 5.41) is 0. The Morgan fingerprint density at radius 2 is 0.820 bits per heavy atom. The second kappa shape index (κ2) is 34.4. The van der Waals surface area contributed by atoms with Crippen molar-refractivity contribution in [2.45, 2.75) is 205 Å². The van der Waals surface area contributed by atoms with Crippen molar-refractivity contribution in [2.75, 3.05) is 27.9 Å². The highest BCUT2D eigenvalue weighted by atomic mass is 16.8. The van der Waals surface area contributed by atoms with Gasteiger partial charge in [0.05, 0.1) is 0 Å². The van der Waals surface area contributed by atoms with Crippen molar-refractivity contribution in [3.05, 3.63) is 24.3 Å². The third-order valence-corrected chi connectivity index (χ3v) is 9.45. The summed E-state index contributed by atoms with van der Waals surface area (Å²) < 4.78 is 27.5. The molecule has 8 heteroatoms. The number of nitrogens with two attached hydrogens (primary N) is 1. The molecule has 0 aromatic heterocycles.